The molecular weight excluding hydrogens is 386 g/mol. The maximum absolute atomic E-state index is 11.9. The number of unbranched alkanes of at least 4 members (excludes halogenated alkanes) is 4. The molecule has 0 fully saturated rings. The van der Waals surface area contributed by atoms with Crippen LogP contribution in [0.4, 0.5) is 5.69 Å². The van der Waals surface area contributed by atoms with E-state index in [0.29, 0.717) is 12.1 Å². The number of carbonyl (C=O) groups excluding carboxylic acids is 1. The Balaban J connectivity index is 2.03. The van der Waals surface area contributed by atoms with Crippen LogP contribution in [0.15, 0.2) is 72.9 Å². The largest absolute Gasteiger partial charge is 0.478 e. The maximum Gasteiger partial charge on any atom is 0.335 e. The summed E-state index contributed by atoms with van der Waals surface area (Å²) in [6.45, 7) is 2.23. The summed E-state index contributed by atoms with van der Waals surface area (Å²) in [5.41, 5.74) is 0.825. The molecular formula is C27H37NO3. The quantitative estimate of drug-likeness (QED) is 0.214. The molecule has 168 valence electrons. The summed E-state index contributed by atoms with van der Waals surface area (Å²) < 4.78 is 0. The van der Waals surface area contributed by atoms with Gasteiger partial charge in [0.15, 0.2) is 0 Å². The highest BCUT2D eigenvalue weighted by atomic mass is 16.4. The predicted octanol–water partition coefficient (Wildman–Crippen LogP) is 7.47. The van der Waals surface area contributed by atoms with Crippen LogP contribution in [0.5, 0.6) is 0 Å². The topological polar surface area (TPSA) is 66.4 Å². The number of carboxylic acid groups (broad SMARTS) is 1. The van der Waals surface area contributed by atoms with Crippen molar-refractivity contribution in [3.05, 3.63) is 78.4 Å². The van der Waals surface area contributed by atoms with Gasteiger partial charge in [0, 0.05) is 12.1 Å². The number of carboxylic acids is 1. The van der Waals surface area contributed by atoms with Crippen molar-refractivity contribution in [3.8, 4) is 0 Å². The molecule has 0 aliphatic carbocycles. The van der Waals surface area contributed by atoms with E-state index in [1.54, 1.807) is 12.1 Å². The minimum Gasteiger partial charge on any atom is -0.478 e. The highest BCUT2D eigenvalue weighted by molar-refractivity contribution is 5.92. The highest BCUT2D eigenvalue weighted by Gasteiger charge is 2.04. The van der Waals surface area contributed by atoms with Crippen LogP contribution >= 0.6 is 0 Å². The lowest BCUT2D eigenvalue weighted by Gasteiger charge is -2.04. The molecule has 4 heteroatoms. The van der Waals surface area contributed by atoms with Crippen LogP contribution in [-0.2, 0) is 4.79 Å². The number of carbonyl (C=O) groups is 2. The van der Waals surface area contributed by atoms with Gasteiger partial charge in [0.1, 0.15) is 0 Å². The summed E-state index contributed by atoms with van der Waals surface area (Å²) in [6, 6.07) is 6.18. The van der Waals surface area contributed by atoms with Crippen LogP contribution in [0.25, 0.3) is 0 Å². The fraction of sp³-hybridized carbons (Fsp3) is 0.407. The van der Waals surface area contributed by atoms with E-state index in [0.717, 1.165) is 32.1 Å². The van der Waals surface area contributed by atoms with Crippen LogP contribution in [0.1, 0.15) is 81.5 Å². The molecule has 0 unspecified atom stereocenters. The molecule has 0 saturated carbocycles. The van der Waals surface area contributed by atoms with Crippen molar-refractivity contribution in [2.45, 2.75) is 71.1 Å². The van der Waals surface area contributed by atoms with E-state index in [1.165, 1.54) is 37.8 Å². The molecule has 0 aromatic heterocycles. The number of hydrogen-bond acceptors (Lipinski definition) is 2. The Labute approximate surface area is 187 Å². The van der Waals surface area contributed by atoms with E-state index in [4.69, 9.17) is 5.11 Å². The van der Waals surface area contributed by atoms with Crippen molar-refractivity contribution in [2.24, 2.45) is 0 Å². The Morgan fingerprint density at radius 2 is 1.29 bits per heavy atom. The normalized spacial score (nSPS) is 11.9. The standard InChI is InChI=1S/C27H37NO3/c1-2-3-4-5-6-7-8-9-10-11-12-13-14-15-16-17-18-19-26(29)28-25-22-20-24(21-23-25)27(30)31/h6-7,9-10,12-13,15-16,20-23H,2-5,8,11,14,17-19H2,1H3,(H,28,29)(H,30,31)/b7-6-,10-9-,13-12-,16-15-. The minimum atomic E-state index is -0.975. The minimum absolute atomic E-state index is 0.0565. The summed E-state index contributed by atoms with van der Waals surface area (Å²) >= 11 is 0. The van der Waals surface area contributed by atoms with Crippen molar-refractivity contribution >= 4 is 17.6 Å². The molecule has 0 aliphatic rings. The van der Waals surface area contributed by atoms with Crippen LogP contribution in [0, 0.1) is 0 Å². The van der Waals surface area contributed by atoms with Gasteiger partial charge in [-0.1, -0.05) is 68.4 Å². The second kappa shape index (κ2) is 17.9. The first kappa shape index (κ1) is 26.2. The first-order valence-electron chi connectivity index (χ1n) is 11.4. The third-order valence-corrected chi connectivity index (χ3v) is 4.65. The predicted molar refractivity (Wildman–Crippen MR) is 130 cm³/mol. The zero-order valence-electron chi connectivity index (χ0n) is 18.8. The molecule has 1 aromatic rings. The Kier molecular flexibility index (Phi) is 15.1. The lowest BCUT2D eigenvalue weighted by molar-refractivity contribution is -0.116. The highest BCUT2D eigenvalue weighted by Crippen LogP contribution is 2.11. The monoisotopic (exact) mass is 423 g/mol. The zero-order valence-corrected chi connectivity index (χ0v) is 18.8. The molecule has 0 radical (unpaired) electrons. The first-order chi connectivity index (χ1) is 15.1. The van der Waals surface area contributed by atoms with Crippen LogP contribution in [-0.4, -0.2) is 17.0 Å². The number of allylic oxidation sites excluding steroid dienone is 8. The van der Waals surface area contributed by atoms with Crippen molar-refractivity contribution in [3.63, 3.8) is 0 Å². The fourth-order valence-corrected chi connectivity index (χ4v) is 2.86. The van der Waals surface area contributed by atoms with E-state index < -0.39 is 5.97 Å². The average Bonchev–Trinajstić information content (AvgIpc) is 2.76. The number of anilines is 1. The Bertz CT molecular complexity index is 742. The van der Waals surface area contributed by atoms with Gasteiger partial charge in [0.05, 0.1) is 5.56 Å². The Morgan fingerprint density at radius 1 is 0.774 bits per heavy atom. The molecule has 1 amide bonds. The summed E-state index contributed by atoms with van der Waals surface area (Å²) in [5.74, 6) is -1.03. The number of nitrogens with one attached hydrogen (secondary N) is 1. The van der Waals surface area contributed by atoms with Gasteiger partial charge in [-0.2, -0.15) is 0 Å². The van der Waals surface area contributed by atoms with Gasteiger partial charge >= 0.3 is 5.97 Å². The fourth-order valence-electron chi connectivity index (χ4n) is 2.86. The lowest BCUT2D eigenvalue weighted by atomic mass is 10.2. The van der Waals surface area contributed by atoms with E-state index in [2.05, 4.69) is 60.8 Å². The van der Waals surface area contributed by atoms with E-state index >= 15 is 0 Å². The molecule has 0 heterocycles. The van der Waals surface area contributed by atoms with Gasteiger partial charge in [-0.15, -0.1) is 0 Å². The van der Waals surface area contributed by atoms with Crippen LogP contribution in [0.3, 0.4) is 0 Å². The molecule has 0 saturated heterocycles. The summed E-state index contributed by atoms with van der Waals surface area (Å²) in [4.78, 5) is 22.7. The van der Waals surface area contributed by atoms with Gasteiger partial charge < -0.3 is 10.4 Å². The van der Waals surface area contributed by atoms with Crippen molar-refractivity contribution in [1.82, 2.24) is 0 Å². The number of benzene rings is 1. The van der Waals surface area contributed by atoms with Gasteiger partial charge in [0.25, 0.3) is 0 Å². The molecule has 0 spiro atoms. The number of aromatic carboxylic acids is 1. The Hall–Kier alpha value is -2.88. The maximum atomic E-state index is 11.9. The molecule has 0 aliphatic heterocycles. The summed E-state index contributed by atoms with van der Waals surface area (Å²) in [6.07, 6.45) is 27.6. The molecule has 2 N–H and O–H groups in total. The van der Waals surface area contributed by atoms with Crippen LogP contribution in [0.2, 0.25) is 0 Å². The van der Waals surface area contributed by atoms with Crippen molar-refractivity contribution in [2.75, 3.05) is 5.32 Å². The number of hydrogen-bond donors (Lipinski definition) is 2. The molecule has 0 atom stereocenters. The third kappa shape index (κ3) is 14.7. The zero-order chi connectivity index (χ0) is 22.6. The SMILES string of the molecule is CCCCC/C=C\C/C=C\C/C=C\C/C=C\CCCC(=O)Nc1ccc(C(=O)O)cc1. The Morgan fingerprint density at radius 3 is 1.81 bits per heavy atom. The van der Waals surface area contributed by atoms with Gasteiger partial charge in [-0.3, -0.25) is 4.79 Å². The number of amides is 1. The van der Waals surface area contributed by atoms with Gasteiger partial charge in [-0.25, -0.2) is 4.79 Å². The second-order valence-electron chi connectivity index (χ2n) is 7.41. The summed E-state index contributed by atoms with van der Waals surface area (Å²) in [5, 5.41) is 11.7. The lowest BCUT2D eigenvalue weighted by Crippen LogP contribution is -2.11. The molecule has 0 bridgehead atoms. The van der Waals surface area contributed by atoms with E-state index in [9.17, 15) is 9.59 Å². The van der Waals surface area contributed by atoms with Crippen molar-refractivity contribution < 1.29 is 14.7 Å². The smallest absolute Gasteiger partial charge is 0.335 e. The molecule has 4 nitrogen and oxygen atoms in total. The third-order valence-electron chi connectivity index (χ3n) is 4.65. The molecule has 1 aromatic carbocycles. The van der Waals surface area contributed by atoms with Crippen LogP contribution < -0.4 is 5.32 Å². The average molecular weight is 424 g/mol. The van der Waals surface area contributed by atoms with E-state index in [-0.39, 0.29) is 11.5 Å². The van der Waals surface area contributed by atoms with E-state index in [1.807, 2.05) is 0 Å². The van der Waals surface area contributed by atoms with Gasteiger partial charge in [-0.05, 0) is 69.2 Å². The first-order valence-corrected chi connectivity index (χ1v) is 11.4. The van der Waals surface area contributed by atoms with Gasteiger partial charge in [0.2, 0.25) is 5.91 Å². The molecule has 31 heavy (non-hydrogen) atoms. The summed E-state index contributed by atoms with van der Waals surface area (Å²) in [7, 11) is 0. The molecule has 1 rings (SSSR count). The number of rotatable bonds is 16. The second-order valence-corrected chi connectivity index (χ2v) is 7.41. The van der Waals surface area contributed by atoms with Crippen molar-refractivity contribution in [1.29, 1.82) is 0 Å².